The molecular formula is C21H40N6O4. The first-order valence-corrected chi connectivity index (χ1v) is 11.0. The number of carbonyl (C=O) groups is 3. The number of hydrogen-bond donors (Lipinski definition) is 6. The maximum atomic E-state index is 12.9. The standard InChI is InChI=1S/C21H40N6O4/c1-12(2)16(25-13(3)4)19(31)27-15(11-28)18(30)26-14(7-6-10-24-20(22)23)17(29)21(5)8-9-21/h12-16,25,28H,6-11H2,1-5H3,(H,26,30)(H,27,31)(H4,22,23,24)/t14-,15-,16-/m0/s1. The number of hydrogen-bond acceptors (Lipinski definition) is 6. The number of nitrogens with one attached hydrogen (secondary N) is 3. The molecule has 178 valence electrons. The fourth-order valence-electron chi connectivity index (χ4n) is 3.28. The van der Waals surface area contributed by atoms with E-state index in [2.05, 4.69) is 20.9 Å². The van der Waals surface area contributed by atoms with Crippen LogP contribution < -0.4 is 27.4 Å². The Hall–Kier alpha value is -2.20. The minimum atomic E-state index is -1.15. The molecule has 2 amide bonds. The monoisotopic (exact) mass is 440 g/mol. The molecule has 0 saturated heterocycles. The summed E-state index contributed by atoms with van der Waals surface area (Å²) in [6.45, 7) is 9.29. The van der Waals surface area contributed by atoms with Crippen LogP contribution in [0.25, 0.3) is 0 Å². The van der Waals surface area contributed by atoms with Gasteiger partial charge in [-0.3, -0.25) is 19.4 Å². The molecule has 0 aliphatic heterocycles. The Morgan fingerprint density at radius 2 is 1.61 bits per heavy atom. The molecule has 1 aliphatic rings. The van der Waals surface area contributed by atoms with Gasteiger partial charge in [-0.15, -0.1) is 0 Å². The largest absolute Gasteiger partial charge is 0.394 e. The molecule has 0 aromatic carbocycles. The minimum Gasteiger partial charge on any atom is -0.394 e. The second kappa shape index (κ2) is 12.0. The Morgan fingerprint density at radius 1 is 1.03 bits per heavy atom. The van der Waals surface area contributed by atoms with Crippen LogP contribution in [-0.4, -0.2) is 66.0 Å². The molecule has 1 rings (SSSR count). The molecule has 1 fully saturated rings. The maximum Gasteiger partial charge on any atom is 0.245 e. The number of aliphatic imine (C=N–C) groups is 1. The van der Waals surface area contributed by atoms with E-state index in [1.807, 2.05) is 34.6 Å². The van der Waals surface area contributed by atoms with Crippen molar-refractivity contribution in [2.45, 2.75) is 84.5 Å². The van der Waals surface area contributed by atoms with Gasteiger partial charge in [-0.2, -0.15) is 0 Å². The molecular weight excluding hydrogens is 400 g/mol. The smallest absolute Gasteiger partial charge is 0.245 e. The zero-order valence-corrected chi connectivity index (χ0v) is 19.4. The Kier molecular flexibility index (Phi) is 10.4. The third kappa shape index (κ3) is 8.82. The van der Waals surface area contributed by atoms with Gasteiger partial charge < -0.3 is 32.5 Å². The van der Waals surface area contributed by atoms with Crippen LogP contribution in [-0.2, 0) is 14.4 Å². The number of aliphatic hydroxyl groups excluding tert-OH is 1. The number of guanidine groups is 1. The number of carbonyl (C=O) groups excluding carboxylic acids is 3. The van der Waals surface area contributed by atoms with Crippen molar-refractivity contribution in [2.24, 2.45) is 27.8 Å². The van der Waals surface area contributed by atoms with Crippen LogP contribution in [0.4, 0.5) is 0 Å². The van der Waals surface area contributed by atoms with E-state index in [1.54, 1.807) is 0 Å². The summed E-state index contributed by atoms with van der Waals surface area (Å²) in [6, 6.07) is -2.31. The lowest BCUT2D eigenvalue weighted by atomic mass is 9.93. The van der Waals surface area contributed by atoms with Crippen LogP contribution in [0.15, 0.2) is 4.99 Å². The molecule has 0 bridgehead atoms. The second-order valence-corrected chi connectivity index (χ2v) is 9.22. The van der Waals surface area contributed by atoms with Crippen LogP contribution >= 0.6 is 0 Å². The normalized spacial score (nSPS) is 17.5. The van der Waals surface area contributed by atoms with E-state index in [1.165, 1.54) is 0 Å². The third-order valence-corrected chi connectivity index (χ3v) is 5.45. The maximum absolute atomic E-state index is 12.9. The molecule has 8 N–H and O–H groups in total. The Labute approximate surface area is 185 Å². The van der Waals surface area contributed by atoms with Crippen LogP contribution in [0, 0.1) is 11.3 Å². The molecule has 1 aliphatic carbocycles. The van der Waals surface area contributed by atoms with Gasteiger partial charge in [0, 0.05) is 18.0 Å². The molecule has 0 radical (unpaired) electrons. The van der Waals surface area contributed by atoms with E-state index in [-0.39, 0.29) is 29.6 Å². The van der Waals surface area contributed by atoms with E-state index >= 15 is 0 Å². The number of nitrogens with two attached hydrogens (primary N) is 2. The first-order chi connectivity index (χ1) is 14.4. The molecule has 1 saturated carbocycles. The van der Waals surface area contributed by atoms with Gasteiger partial charge in [-0.25, -0.2) is 0 Å². The van der Waals surface area contributed by atoms with Crippen molar-refractivity contribution in [1.29, 1.82) is 0 Å². The van der Waals surface area contributed by atoms with Crippen molar-refractivity contribution >= 4 is 23.6 Å². The van der Waals surface area contributed by atoms with Gasteiger partial charge in [0.05, 0.1) is 18.7 Å². The lowest BCUT2D eigenvalue weighted by molar-refractivity contribution is -0.134. The second-order valence-electron chi connectivity index (χ2n) is 9.22. The van der Waals surface area contributed by atoms with E-state index in [0.29, 0.717) is 19.4 Å². The molecule has 10 nitrogen and oxygen atoms in total. The zero-order chi connectivity index (χ0) is 23.8. The number of amides is 2. The summed E-state index contributed by atoms with van der Waals surface area (Å²) >= 11 is 0. The molecule has 0 unspecified atom stereocenters. The lowest BCUT2D eigenvalue weighted by Gasteiger charge is -2.27. The lowest BCUT2D eigenvalue weighted by Crippen LogP contribution is -2.58. The van der Waals surface area contributed by atoms with E-state index in [4.69, 9.17) is 11.5 Å². The quantitative estimate of drug-likeness (QED) is 0.119. The van der Waals surface area contributed by atoms with Crippen molar-refractivity contribution < 1.29 is 19.5 Å². The van der Waals surface area contributed by atoms with Gasteiger partial charge in [0.2, 0.25) is 11.8 Å². The highest BCUT2D eigenvalue weighted by Gasteiger charge is 2.47. The summed E-state index contributed by atoms with van der Waals surface area (Å²) < 4.78 is 0. The summed E-state index contributed by atoms with van der Waals surface area (Å²) in [7, 11) is 0. The summed E-state index contributed by atoms with van der Waals surface area (Å²) in [5.41, 5.74) is 10.2. The summed E-state index contributed by atoms with van der Waals surface area (Å²) in [5, 5.41) is 18.2. The Morgan fingerprint density at radius 3 is 2.06 bits per heavy atom. The fraction of sp³-hybridized carbons (Fsp3) is 0.810. The summed E-state index contributed by atoms with van der Waals surface area (Å²) in [4.78, 5) is 42.3. The zero-order valence-electron chi connectivity index (χ0n) is 19.4. The molecule has 0 spiro atoms. The predicted octanol–water partition coefficient (Wildman–Crippen LogP) is -0.606. The number of nitrogens with zero attached hydrogens (tertiary/aromatic N) is 1. The Bertz CT molecular complexity index is 656. The van der Waals surface area contributed by atoms with Crippen molar-refractivity contribution in [3.63, 3.8) is 0 Å². The molecule has 10 heteroatoms. The topological polar surface area (TPSA) is 172 Å². The minimum absolute atomic E-state index is 0.00974. The average Bonchev–Trinajstić information content (AvgIpc) is 3.43. The number of aliphatic hydroxyl groups is 1. The number of ketones is 1. The van der Waals surface area contributed by atoms with E-state index < -0.39 is 36.1 Å². The molecule has 31 heavy (non-hydrogen) atoms. The van der Waals surface area contributed by atoms with Gasteiger partial charge in [-0.05, 0) is 31.6 Å². The van der Waals surface area contributed by atoms with Crippen LogP contribution in [0.2, 0.25) is 0 Å². The number of Topliss-reactive ketones (excluding diaryl/α,β-unsaturated/α-hetero) is 1. The van der Waals surface area contributed by atoms with Crippen molar-refractivity contribution in [1.82, 2.24) is 16.0 Å². The van der Waals surface area contributed by atoms with E-state index in [0.717, 1.165) is 12.8 Å². The molecule has 0 aromatic rings. The number of rotatable bonds is 14. The van der Waals surface area contributed by atoms with E-state index in [9.17, 15) is 19.5 Å². The third-order valence-electron chi connectivity index (χ3n) is 5.45. The average molecular weight is 441 g/mol. The molecule has 0 heterocycles. The van der Waals surface area contributed by atoms with Gasteiger partial charge in [-0.1, -0.05) is 34.6 Å². The van der Waals surface area contributed by atoms with Crippen LogP contribution in [0.3, 0.4) is 0 Å². The van der Waals surface area contributed by atoms with Crippen molar-refractivity contribution in [3.05, 3.63) is 0 Å². The highest BCUT2D eigenvalue weighted by Crippen LogP contribution is 2.46. The summed E-state index contributed by atoms with van der Waals surface area (Å²) in [6.07, 6.45) is 2.44. The highest BCUT2D eigenvalue weighted by molar-refractivity contribution is 5.96. The van der Waals surface area contributed by atoms with Crippen molar-refractivity contribution in [3.8, 4) is 0 Å². The van der Waals surface area contributed by atoms with Crippen LogP contribution in [0.1, 0.15) is 60.3 Å². The Balaban J connectivity index is 2.81. The van der Waals surface area contributed by atoms with Gasteiger partial charge in [0.25, 0.3) is 0 Å². The molecule has 3 atom stereocenters. The van der Waals surface area contributed by atoms with Gasteiger partial charge in [0.15, 0.2) is 11.7 Å². The fourth-order valence-corrected chi connectivity index (χ4v) is 3.28. The van der Waals surface area contributed by atoms with Crippen molar-refractivity contribution in [2.75, 3.05) is 13.2 Å². The van der Waals surface area contributed by atoms with Gasteiger partial charge >= 0.3 is 0 Å². The summed E-state index contributed by atoms with van der Waals surface area (Å²) in [5.74, 6) is -1.05. The first kappa shape index (κ1) is 26.8. The molecule has 0 aromatic heterocycles. The first-order valence-electron chi connectivity index (χ1n) is 11.0. The SMILES string of the molecule is CC(C)N[C@H](C(=O)N[C@@H](CO)C(=O)N[C@@H](CCCN=C(N)N)C(=O)C1(C)CC1)C(C)C. The predicted molar refractivity (Wildman–Crippen MR) is 120 cm³/mol. The van der Waals surface area contributed by atoms with Gasteiger partial charge in [0.1, 0.15) is 6.04 Å². The highest BCUT2D eigenvalue weighted by atomic mass is 16.3. The van der Waals surface area contributed by atoms with Crippen LogP contribution in [0.5, 0.6) is 0 Å².